The molecule has 1 aliphatic heterocycles. The third kappa shape index (κ3) is 2.70. The van der Waals surface area contributed by atoms with Crippen molar-refractivity contribution in [3.8, 4) is 0 Å². The molecule has 0 atom stereocenters. The van der Waals surface area contributed by atoms with Gasteiger partial charge in [-0.15, -0.1) is 11.3 Å². The van der Waals surface area contributed by atoms with E-state index in [1.165, 1.54) is 23.3 Å². The lowest BCUT2D eigenvalue weighted by Gasteiger charge is -2.31. The van der Waals surface area contributed by atoms with Crippen molar-refractivity contribution >= 4 is 17.0 Å². The van der Waals surface area contributed by atoms with Crippen LogP contribution in [0.15, 0.2) is 29.6 Å². The van der Waals surface area contributed by atoms with Gasteiger partial charge in [0, 0.05) is 41.8 Å². The number of hydrogen-bond acceptors (Lipinski definition) is 3. The van der Waals surface area contributed by atoms with Crippen LogP contribution in [0.4, 0.5) is 10.1 Å². The van der Waals surface area contributed by atoms with Crippen LogP contribution >= 0.6 is 11.3 Å². The molecule has 0 spiro atoms. The highest BCUT2D eigenvalue weighted by Gasteiger charge is 2.24. The highest BCUT2D eigenvalue weighted by molar-refractivity contribution is 7.10. The normalized spacial score (nSPS) is 17.9. The van der Waals surface area contributed by atoms with Gasteiger partial charge < -0.3 is 10.2 Å². The summed E-state index contributed by atoms with van der Waals surface area (Å²) in [6, 6.07) is 8.27. The van der Waals surface area contributed by atoms with Gasteiger partial charge in [0.1, 0.15) is 5.82 Å². The summed E-state index contributed by atoms with van der Waals surface area (Å²) in [5.74, 6) is -0.0863. The summed E-state index contributed by atoms with van der Waals surface area (Å²) < 4.78 is 14.2. The van der Waals surface area contributed by atoms with Crippen LogP contribution in [0.5, 0.6) is 0 Å². The second-order valence-corrected chi connectivity index (χ2v) is 6.93. The first kappa shape index (κ1) is 13.3. The number of rotatable bonds is 4. The number of nitrogens with one attached hydrogen (secondary N) is 1. The summed E-state index contributed by atoms with van der Waals surface area (Å²) in [6.45, 7) is 2.52. The van der Waals surface area contributed by atoms with E-state index in [0.29, 0.717) is 12.6 Å². The Morgan fingerprint density at radius 1 is 1.29 bits per heavy atom. The number of thiophene rings is 1. The maximum Gasteiger partial charge on any atom is 0.129 e. The van der Waals surface area contributed by atoms with Gasteiger partial charge in [0.2, 0.25) is 0 Å². The van der Waals surface area contributed by atoms with Gasteiger partial charge in [-0.1, -0.05) is 6.07 Å². The second-order valence-electron chi connectivity index (χ2n) is 5.93. The summed E-state index contributed by atoms with van der Waals surface area (Å²) in [7, 11) is 0. The summed E-state index contributed by atoms with van der Waals surface area (Å²) in [5, 5.41) is 5.60. The van der Waals surface area contributed by atoms with E-state index in [4.69, 9.17) is 0 Å². The van der Waals surface area contributed by atoms with Crippen molar-refractivity contribution in [2.45, 2.75) is 38.4 Å². The monoisotopic (exact) mass is 302 g/mol. The second kappa shape index (κ2) is 5.43. The molecule has 1 N–H and O–H groups in total. The number of fused-ring (bicyclic) bond motifs is 1. The number of hydrogen-bond donors (Lipinski definition) is 1. The Labute approximate surface area is 128 Å². The first-order valence-electron chi connectivity index (χ1n) is 7.62. The van der Waals surface area contributed by atoms with E-state index in [2.05, 4.69) is 27.7 Å². The molecule has 1 aliphatic carbocycles. The van der Waals surface area contributed by atoms with Crippen molar-refractivity contribution < 1.29 is 4.39 Å². The largest absolute Gasteiger partial charge is 0.366 e. The zero-order valence-corrected chi connectivity index (χ0v) is 12.8. The van der Waals surface area contributed by atoms with E-state index in [1.54, 1.807) is 6.07 Å². The number of nitrogens with zero attached hydrogens (tertiary/aromatic N) is 1. The third-order valence-electron chi connectivity index (χ3n) is 4.39. The minimum atomic E-state index is -0.0863. The van der Waals surface area contributed by atoms with Gasteiger partial charge in [0.05, 0.1) is 0 Å². The third-order valence-corrected chi connectivity index (χ3v) is 5.41. The molecule has 2 aromatic rings. The van der Waals surface area contributed by atoms with Crippen molar-refractivity contribution in [2.75, 3.05) is 11.4 Å². The van der Waals surface area contributed by atoms with Crippen LogP contribution in [0.1, 0.15) is 28.8 Å². The predicted molar refractivity (Wildman–Crippen MR) is 85.3 cm³/mol. The highest BCUT2D eigenvalue weighted by Crippen LogP contribution is 2.31. The molecule has 1 saturated carbocycles. The fourth-order valence-corrected chi connectivity index (χ4v) is 3.90. The van der Waals surface area contributed by atoms with Crippen LogP contribution in [-0.2, 0) is 19.5 Å². The van der Waals surface area contributed by atoms with Crippen LogP contribution in [0, 0.1) is 5.82 Å². The average molecular weight is 302 g/mol. The first-order valence-corrected chi connectivity index (χ1v) is 8.50. The molecule has 2 aliphatic rings. The molecule has 2 nitrogen and oxygen atoms in total. The van der Waals surface area contributed by atoms with E-state index in [1.807, 2.05) is 17.4 Å². The minimum Gasteiger partial charge on any atom is -0.366 e. The Balaban J connectivity index is 1.60. The maximum atomic E-state index is 14.2. The Kier molecular flexibility index (Phi) is 3.43. The maximum absolute atomic E-state index is 14.2. The summed E-state index contributed by atoms with van der Waals surface area (Å²) in [4.78, 5) is 3.81. The van der Waals surface area contributed by atoms with Gasteiger partial charge in [-0.3, -0.25) is 0 Å². The molecule has 1 aromatic heterocycles. The quantitative estimate of drug-likeness (QED) is 0.926. The lowest BCUT2D eigenvalue weighted by Crippen LogP contribution is -2.31. The van der Waals surface area contributed by atoms with E-state index >= 15 is 0 Å². The standard InChI is InChI=1S/C17H19FN2S/c18-15-2-1-3-16(14(15)10-19-13-4-5-13)20-8-6-17-12(11-20)7-9-21-17/h1-3,7,9,13,19H,4-6,8,10-11H2. The van der Waals surface area contributed by atoms with Crippen molar-refractivity contribution in [1.82, 2.24) is 5.32 Å². The minimum absolute atomic E-state index is 0.0863. The van der Waals surface area contributed by atoms with Gasteiger partial charge >= 0.3 is 0 Å². The molecule has 2 heterocycles. The van der Waals surface area contributed by atoms with Crippen LogP contribution in [0.2, 0.25) is 0 Å². The molecule has 0 bridgehead atoms. The van der Waals surface area contributed by atoms with Crippen LogP contribution in [0.3, 0.4) is 0 Å². The van der Waals surface area contributed by atoms with Crippen LogP contribution < -0.4 is 10.2 Å². The molecular weight excluding hydrogens is 283 g/mol. The molecule has 110 valence electrons. The first-order chi connectivity index (χ1) is 10.3. The van der Waals surface area contributed by atoms with E-state index in [9.17, 15) is 4.39 Å². The molecule has 4 heteroatoms. The summed E-state index contributed by atoms with van der Waals surface area (Å²) in [6.07, 6.45) is 3.52. The van der Waals surface area contributed by atoms with Crippen molar-refractivity contribution in [3.05, 3.63) is 51.5 Å². The molecular formula is C17H19FN2S. The van der Waals surface area contributed by atoms with E-state index in [0.717, 1.165) is 30.8 Å². The van der Waals surface area contributed by atoms with Crippen LogP contribution in [0.25, 0.3) is 0 Å². The predicted octanol–water partition coefficient (Wildman–Crippen LogP) is 3.70. The molecule has 1 fully saturated rings. The van der Waals surface area contributed by atoms with E-state index in [-0.39, 0.29) is 5.82 Å². The Hall–Kier alpha value is -1.39. The Bertz CT molecular complexity index is 648. The van der Waals surface area contributed by atoms with Gasteiger partial charge in [0.25, 0.3) is 0 Å². The van der Waals surface area contributed by atoms with Gasteiger partial charge in [0.15, 0.2) is 0 Å². The lowest BCUT2D eigenvalue weighted by atomic mass is 10.1. The Morgan fingerprint density at radius 2 is 2.19 bits per heavy atom. The van der Waals surface area contributed by atoms with E-state index < -0.39 is 0 Å². The molecule has 1 aromatic carbocycles. The zero-order chi connectivity index (χ0) is 14.2. The topological polar surface area (TPSA) is 15.3 Å². The van der Waals surface area contributed by atoms with Crippen LogP contribution in [-0.4, -0.2) is 12.6 Å². The molecule has 0 unspecified atom stereocenters. The summed E-state index contributed by atoms with van der Waals surface area (Å²) >= 11 is 1.84. The van der Waals surface area contributed by atoms with Crippen molar-refractivity contribution in [3.63, 3.8) is 0 Å². The number of anilines is 1. The number of halogens is 1. The fourth-order valence-electron chi connectivity index (χ4n) is 3.01. The molecule has 0 saturated heterocycles. The summed E-state index contributed by atoms with van der Waals surface area (Å²) in [5.41, 5.74) is 3.28. The van der Waals surface area contributed by atoms with Gasteiger partial charge in [-0.25, -0.2) is 4.39 Å². The smallest absolute Gasteiger partial charge is 0.129 e. The van der Waals surface area contributed by atoms with Gasteiger partial charge in [-0.05, 0) is 48.4 Å². The lowest BCUT2D eigenvalue weighted by molar-refractivity contribution is 0.583. The highest BCUT2D eigenvalue weighted by atomic mass is 32.1. The average Bonchev–Trinajstić information content (AvgIpc) is 3.21. The zero-order valence-electron chi connectivity index (χ0n) is 11.9. The van der Waals surface area contributed by atoms with Gasteiger partial charge in [-0.2, -0.15) is 0 Å². The fraction of sp³-hybridized carbons (Fsp3) is 0.412. The molecule has 4 rings (SSSR count). The molecule has 0 radical (unpaired) electrons. The van der Waals surface area contributed by atoms with Crippen molar-refractivity contribution in [1.29, 1.82) is 0 Å². The molecule has 21 heavy (non-hydrogen) atoms. The Morgan fingerprint density at radius 3 is 3.05 bits per heavy atom. The van der Waals surface area contributed by atoms with Crippen molar-refractivity contribution in [2.24, 2.45) is 0 Å². The number of benzene rings is 1. The molecule has 0 amide bonds. The SMILES string of the molecule is Fc1cccc(N2CCc3sccc3C2)c1CNC1CC1.